The van der Waals surface area contributed by atoms with E-state index in [0.29, 0.717) is 38.2 Å². The number of nitrogens with one attached hydrogen (secondary N) is 2. The molecular formula is C110H138F6N6O12S3. The smallest absolute Gasteiger partial charge is 0.446 e. The van der Waals surface area contributed by atoms with Gasteiger partial charge in [-0.2, -0.15) is 26.3 Å². The fourth-order valence-electron chi connectivity index (χ4n) is 17.4. The molecule has 9 aromatic carbocycles. The van der Waals surface area contributed by atoms with Gasteiger partial charge in [0.15, 0.2) is 6.29 Å². The average Bonchev–Trinajstić information content (AvgIpc) is 0.883. The Morgan fingerprint density at radius 3 is 1.32 bits per heavy atom. The number of carboxylic acids is 1. The number of alkyl halides is 6. The molecule has 3 aliphatic carbocycles. The number of aldehydes is 2. The molecule has 2 heterocycles. The number of fused-ring (bicyclic) bond motifs is 4. The SMILES string of the molecule is C.COC(C)CCCC=O.COC(CCCC(CC(=O)[C@@H](C)CCSC(c1ccccc1)(c1ccccc1)c1ccccc1)C(=O)N[C@@H]1CCCc2ccccc21)OC.C[C@@H](CCSC(c1ccccc1)(c1ccccc1)c1ccccc1)C(=O)O.N.N[C@H]1CCS[C@H]2CCCC(C(=O)N[C@@H]3CCCc4ccccc43)N2C1=O.O=CC(F)(F)F.OCC(F)(F)F.[C-]#[N+][C@@H]1CCCc2ccccc21. The van der Waals surface area contributed by atoms with Crippen LogP contribution in [0, 0.1) is 24.3 Å². The molecule has 0 saturated carbocycles. The number of hydrogen-bond acceptors (Lipinski definition) is 16. The molecule has 27 heteroatoms. The number of thioether (sulfide) groups is 3. The summed E-state index contributed by atoms with van der Waals surface area (Å²) in [6.45, 7) is 11.1. The van der Waals surface area contributed by atoms with Crippen molar-refractivity contribution in [2.45, 2.75) is 239 Å². The fourth-order valence-corrected chi connectivity index (χ4v) is 22.2. The van der Waals surface area contributed by atoms with Crippen molar-refractivity contribution >= 4 is 77.3 Å². The van der Waals surface area contributed by atoms with Gasteiger partial charge in [-0.05, 0) is 207 Å². The van der Waals surface area contributed by atoms with Crippen LogP contribution in [-0.4, -0.2) is 145 Å². The molecule has 0 bridgehead atoms. The number of rotatable bonds is 33. The normalized spacial score (nSPS) is 17.8. The number of aliphatic hydroxyl groups excluding tert-OH is 1. The summed E-state index contributed by atoms with van der Waals surface area (Å²) in [5, 5.41) is 23.2. The number of benzene rings is 9. The van der Waals surface area contributed by atoms with Crippen molar-refractivity contribution in [2.24, 2.45) is 23.5 Å². The van der Waals surface area contributed by atoms with Crippen molar-refractivity contribution in [3.05, 3.63) is 333 Å². The number of aliphatic carboxylic acids is 1. The predicted octanol–water partition coefficient (Wildman–Crippen LogP) is 23.9. The largest absolute Gasteiger partial charge is 0.481 e. The number of piperidine rings is 1. The van der Waals surface area contributed by atoms with Crippen LogP contribution in [0.1, 0.15) is 235 Å². The number of halogens is 6. The van der Waals surface area contributed by atoms with Crippen molar-refractivity contribution < 1.29 is 84.3 Å². The van der Waals surface area contributed by atoms with Crippen LogP contribution < -0.4 is 22.5 Å². The first-order chi connectivity index (χ1) is 65.1. The van der Waals surface area contributed by atoms with E-state index in [1.807, 2.05) is 73.8 Å². The lowest BCUT2D eigenvalue weighted by Gasteiger charge is -2.41. The Labute approximate surface area is 819 Å². The van der Waals surface area contributed by atoms with Gasteiger partial charge in [0.05, 0.1) is 45.0 Å². The number of hydrogen-bond donors (Lipinski definition) is 6. The topological polar surface area (TPSA) is 280 Å². The third-order valence-electron chi connectivity index (χ3n) is 24.8. The van der Waals surface area contributed by atoms with E-state index in [2.05, 4.69) is 234 Å². The zero-order valence-corrected chi connectivity index (χ0v) is 81.2. The highest BCUT2D eigenvalue weighted by Gasteiger charge is 2.44. The summed E-state index contributed by atoms with van der Waals surface area (Å²) in [7, 11) is 4.94. The third-order valence-corrected chi connectivity index (χ3v) is 29.3. The molecule has 2 aliphatic heterocycles. The molecule has 0 aromatic heterocycles. The molecule has 740 valence electrons. The first-order valence-corrected chi connectivity index (χ1v) is 49.6. The lowest BCUT2D eigenvalue weighted by molar-refractivity contribution is -0.159. The van der Waals surface area contributed by atoms with Crippen LogP contribution in [0.5, 0.6) is 0 Å². The fraction of sp³-hybridized carbons (Fsp3) is 0.436. The van der Waals surface area contributed by atoms with Gasteiger partial charge in [0.25, 0.3) is 0 Å². The number of aryl methyl sites for hydroxylation is 3. The second-order valence-corrected chi connectivity index (χ2v) is 38.1. The number of ether oxygens (including phenoxy) is 3. The maximum absolute atomic E-state index is 13.9. The van der Waals surface area contributed by atoms with Gasteiger partial charge < -0.3 is 61.5 Å². The summed E-state index contributed by atoms with van der Waals surface area (Å²) in [4.78, 5) is 88.9. The van der Waals surface area contributed by atoms with Gasteiger partial charge in [0, 0.05) is 58.0 Å². The Bertz CT molecular complexity index is 4880. The summed E-state index contributed by atoms with van der Waals surface area (Å²) >= 11 is 5.47. The molecule has 14 rings (SSSR count). The van der Waals surface area contributed by atoms with Gasteiger partial charge in [0.1, 0.15) is 24.7 Å². The van der Waals surface area contributed by atoms with E-state index in [1.54, 1.807) is 44.9 Å². The highest BCUT2D eigenvalue weighted by atomic mass is 32.2. The minimum Gasteiger partial charge on any atom is -0.481 e. The summed E-state index contributed by atoms with van der Waals surface area (Å²) in [6, 6.07) is 87.8. The van der Waals surface area contributed by atoms with Crippen LogP contribution in [0.4, 0.5) is 26.3 Å². The molecule has 5 aliphatic rings. The van der Waals surface area contributed by atoms with Crippen molar-refractivity contribution in [3.8, 4) is 0 Å². The molecule has 9 N–H and O–H groups in total. The van der Waals surface area contributed by atoms with Gasteiger partial charge in [-0.3, -0.25) is 28.8 Å². The average molecular weight is 1950 g/mol. The number of amides is 3. The van der Waals surface area contributed by atoms with E-state index < -0.39 is 47.9 Å². The summed E-state index contributed by atoms with van der Waals surface area (Å²) in [5.41, 5.74) is 21.0. The highest BCUT2D eigenvalue weighted by molar-refractivity contribution is 8.01. The number of nitrogens with zero attached hydrogens (tertiary/aromatic N) is 2. The van der Waals surface area contributed by atoms with E-state index in [1.165, 1.54) is 73.2 Å². The number of carbonyl (C=O) groups is 7. The Morgan fingerprint density at radius 2 is 0.927 bits per heavy atom. The van der Waals surface area contributed by atoms with Crippen molar-refractivity contribution in [1.82, 2.24) is 21.7 Å². The van der Waals surface area contributed by atoms with Gasteiger partial charge >= 0.3 is 18.3 Å². The van der Waals surface area contributed by atoms with Crippen LogP contribution in [0.3, 0.4) is 0 Å². The first-order valence-electron chi connectivity index (χ1n) is 46.6. The van der Waals surface area contributed by atoms with Crippen molar-refractivity contribution in [2.75, 3.05) is 45.2 Å². The number of carboxylic acid groups (broad SMARTS) is 1. The van der Waals surface area contributed by atoms with Crippen LogP contribution in [0.15, 0.2) is 255 Å². The summed E-state index contributed by atoms with van der Waals surface area (Å²) in [6.07, 6.45) is 9.85. The second-order valence-electron chi connectivity index (χ2n) is 34.2. The maximum atomic E-state index is 13.9. The second kappa shape index (κ2) is 60.6. The Kier molecular flexibility index (Phi) is 51.0. The lowest BCUT2D eigenvalue weighted by Crippen LogP contribution is -2.58. The van der Waals surface area contributed by atoms with E-state index in [9.17, 15) is 60.2 Å². The van der Waals surface area contributed by atoms with E-state index in [-0.39, 0.29) is 95.9 Å². The zero-order valence-electron chi connectivity index (χ0n) is 78.8. The van der Waals surface area contributed by atoms with Gasteiger partial charge in [0.2, 0.25) is 30.0 Å². The van der Waals surface area contributed by atoms with Gasteiger partial charge in [-0.1, -0.05) is 276 Å². The lowest BCUT2D eigenvalue weighted by atomic mass is 9.84. The monoisotopic (exact) mass is 1940 g/mol. The predicted molar refractivity (Wildman–Crippen MR) is 539 cm³/mol. The minimum absolute atomic E-state index is 0. The van der Waals surface area contributed by atoms with Crippen molar-refractivity contribution in [3.63, 3.8) is 0 Å². The minimum atomic E-state index is -4.64. The van der Waals surface area contributed by atoms with Gasteiger partial charge in [-0.15, -0.1) is 35.3 Å². The molecule has 137 heavy (non-hydrogen) atoms. The van der Waals surface area contributed by atoms with Crippen LogP contribution in [0.25, 0.3) is 4.85 Å². The number of ketones is 1. The molecule has 3 unspecified atom stereocenters. The molecule has 2 saturated heterocycles. The number of methoxy groups -OCH3 is 3. The standard InChI is InChI=1S/C43H51NO4S.C24H24O2S.C20H27N3O2S.C11H11N.C7H14O2.C2H3F3O.C2HF3O.CH4.H3N/c1-32(29-30-49-43(35-20-7-4-8-21-35,36-22-9-5-10-23-36)37-24-11-6-12-25-37)40(45)31-34(19-16-28-41(47-2)48-3)42(46)44-39-27-15-18-33-17-13-14-26-38(33)39;1-19(23(25)26)17-18-27-24(20-11-5-2-6-12-20,21-13-7-3-8-14-21)22-15-9-4-10-16-22;21-15-11-12-26-18-10-4-9-17(23(18)20(15)25)19(24)22-16-8-3-6-13-5-1-2-7-14(13)16;1-12-11-8-4-6-9-5-2-3-7-10(9)11;1-7(9-2)5-3-4-6-8;2*3-2(4,5)1-6;;/h4-14,17,20-26,32,34,39,41H,15-16,18-19,27-31H2,1-3H3,(H,44,46);2-16,19H,17-18H2,1H3,(H,25,26);1-2,5,7,15-18H,3-4,6,8-12,21H2,(H,22,24);2-3,5,7,11H,4,6,8H2;6-7H,3-5H2,1-2H3;6H,1H2;1H;1H4;1H3/t32-,34?,39+;19-;15-,16+,17?,18-;11-;;;;;/m0001...../s1. The van der Waals surface area contributed by atoms with Gasteiger partial charge in [-0.25, -0.2) is 6.57 Å². The number of carbonyl (C=O) groups excluding carboxylic acids is 6. The number of nitrogens with two attached hydrogens (primary N) is 1. The third kappa shape index (κ3) is 35.9. The van der Waals surface area contributed by atoms with Crippen molar-refractivity contribution in [1.29, 1.82) is 0 Å². The van der Waals surface area contributed by atoms with E-state index in [4.69, 9.17) is 36.4 Å². The summed E-state index contributed by atoms with van der Waals surface area (Å²) < 4.78 is 77.8. The molecule has 10 atom stereocenters. The maximum Gasteiger partial charge on any atom is 0.446 e. The molecule has 0 spiro atoms. The van der Waals surface area contributed by atoms with E-state index >= 15 is 0 Å². The van der Waals surface area contributed by atoms with Crippen LogP contribution in [-0.2, 0) is 76.5 Å². The molecule has 18 nitrogen and oxygen atoms in total. The number of aliphatic hydroxyl groups is 1. The molecule has 0 radical (unpaired) electrons. The molecular weight excluding hydrogens is 1810 g/mol. The Hall–Kier alpha value is -10.3. The number of Topliss-reactive ketones (excluding diaryl/α,β-unsaturated/α-hetero) is 1. The molecule has 3 amide bonds. The highest BCUT2D eigenvalue weighted by Crippen LogP contribution is 2.51. The number of unbranched alkanes of at least 4 members (excludes halogenated alkanes) is 1. The van der Waals surface area contributed by atoms with E-state index in [0.717, 1.165) is 120 Å². The Morgan fingerprint density at radius 1 is 0.533 bits per heavy atom. The quantitative estimate of drug-likeness (QED) is 0.00557. The molecule has 2 fully saturated rings. The van der Waals surface area contributed by atoms with Crippen LogP contribution >= 0.6 is 35.3 Å². The zero-order chi connectivity index (χ0) is 97.6. The molecule has 9 aromatic rings. The Balaban J connectivity index is 0.000000278. The first kappa shape index (κ1) is 115. The van der Waals surface area contributed by atoms with Crippen LogP contribution in [0.2, 0.25) is 0 Å². The summed E-state index contributed by atoms with van der Waals surface area (Å²) in [5.74, 6) is 0.812.